The van der Waals surface area contributed by atoms with Gasteiger partial charge in [-0.2, -0.15) is 0 Å². The first-order valence-corrected chi connectivity index (χ1v) is 7.25. The zero-order chi connectivity index (χ0) is 14.5. The van der Waals surface area contributed by atoms with Crippen LogP contribution >= 0.6 is 11.6 Å². The lowest BCUT2D eigenvalue weighted by Crippen LogP contribution is -2.27. The van der Waals surface area contributed by atoms with E-state index in [4.69, 9.17) is 11.6 Å². The molecule has 1 unspecified atom stereocenters. The molecule has 0 fully saturated rings. The summed E-state index contributed by atoms with van der Waals surface area (Å²) in [5.41, 5.74) is 3.05. The first-order valence-electron chi connectivity index (χ1n) is 6.87. The van der Waals surface area contributed by atoms with Gasteiger partial charge in [0.25, 0.3) is 0 Å². The Hall–Kier alpha value is -1.38. The summed E-state index contributed by atoms with van der Waals surface area (Å²) in [7, 11) is 0. The third-order valence-corrected chi connectivity index (χ3v) is 3.46. The van der Waals surface area contributed by atoms with E-state index < -0.39 is 0 Å². The number of hydrogen-bond donors (Lipinski definition) is 1. The van der Waals surface area contributed by atoms with Gasteiger partial charge in [0.1, 0.15) is 5.82 Å². The number of benzene rings is 2. The quantitative estimate of drug-likeness (QED) is 0.843. The maximum Gasteiger partial charge on any atom is 0.125 e. The number of likely N-dealkylation sites (N-methyl/N-ethyl adjacent to an activating group) is 1. The van der Waals surface area contributed by atoms with Gasteiger partial charge in [-0.05, 0) is 54.8 Å². The Bertz CT molecular complexity index is 545. The van der Waals surface area contributed by atoms with E-state index in [1.165, 1.54) is 17.7 Å². The summed E-state index contributed by atoms with van der Waals surface area (Å²) in [4.78, 5) is 0. The summed E-state index contributed by atoms with van der Waals surface area (Å²) in [5, 5.41) is 3.81. The fourth-order valence-electron chi connectivity index (χ4n) is 2.33. The minimum absolute atomic E-state index is 0.308. The second kappa shape index (κ2) is 6.87. The van der Waals surface area contributed by atoms with Crippen LogP contribution in [0.2, 0.25) is 5.02 Å². The summed E-state index contributed by atoms with van der Waals surface area (Å²) in [5.74, 6) is -0.308. The van der Waals surface area contributed by atoms with E-state index in [-0.39, 0.29) is 5.82 Å². The van der Waals surface area contributed by atoms with Gasteiger partial charge in [0, 0.05) is 11.1 Å². The highest BCUT2D eigenvalue weighted by atomic mass is 35.5. The second-order valence-corrected chi connectivity index (χ2v) is 5.45. The predicted molar refractivity (Wildman–Crippen MR) is 83.7 cm³/mol. The first kappa shape index (κ1) is 15.0. The normalized spacial score (nSPS) is 12.4. The van der Waals surface area contributed by atoms with Crippen molar-refractivity contribution in [3.8, 4) is 11.1 Å². The maximum absolute atomic E-state index is 13.4. The smallest absolute Gasteiger partial charge is 0.125 e. The number of nitrogens with one attached hydrogen (secondary N) is 1. The Morgan fingerprint density at radius 1 is 1.10 bits per heavy atom. The van der Waals surface area contributed by atoms with E-state index in [0.717, 1.165) is 24.1 Å². The molecule has 106 valence electrons. The van der Waals surface area contributed by atoms with Crippen LogP contribution in [0, 0.1) is 5.82 Å². The Kier molecular flexibility index (Phi) is 5.16. The molecule has 0 aromatic heterocycles. The SMILES string of the molecule is CCNC(C)Cc1ccc(-c2cc(F)cc(Cl)c2)cc1. The van der Waals surface area contributed by atoms with Crippen molar-refractivity contribution < 1.29 is 4.39 Å². The van der Waals surface area contributed by atoms with Gasteiger partial charge in [0.2, 0.25) is 0 Å². The molecular weight excluding hydrogens is 273 g/mol. The van der Waals surface area contributed by atoms with Crippen LogP contribution in [0.1, 0.15) is 19.4 Å². The van der Waals surface area contributed by atoms with Gasteiger partial charge < -0.3 is 5.32 Å². The zero-order valence-corrected chi connectivity index (χ0v) is 12.5. The van der Waals surface area contributed by atoms with Gasteiger partial charge in [-0.25, -0.2) is 4.39 Å². The molecule has 0 spiro atoms. The molecule has 2 aromatic rings. The molecule has 0 aliphatic carbocycles. The minimum Gasteiger partial charge on any atom is -0.314 e. The number of halogens is 2. The van der Waals surface area contributed by atoms with Gasteiger partial charge in [0.05, 0.1) is 0 Å². The van der Waals surface area contributed by atoms with E-state index in [1.807, 2.05) is 12.1 Å². The molecular formula is C17H19ClFN. The molecule has 20 heavy (non-hydrogen) atoms. The van der Waals surface area contributed by atoms with Crippen LogP contribution in [0.3, 0.4) is 0 Å². The van der Waals surface area contributed by atoms with E-state index in [0.29, 0.717) is 11.1 Å². The van der Waals surface area contributed by atoms with E-state index >= 15 is 0 Å². The van der Waals surface area contributed by atoms with Crippen molar-refractivity contribution in [3.63, 3.8) is 0 Å². The van der Waals surface area contributed by atoms with Gasteiger partial charge in [-0.1, -0.05) is 42.8 Å². The molecule has 0 saturated carbocycles. The predicted octanol–water partition coefficient (Wildman–Crippen LogP) is 4.69. The summed E-state index contributed by atoms with van der Waals surface area (Å²) < 4.78 is 13.4. The topological polar surface area (TPSA) is 12.0 Å². The third kappa shape index (κ3) is 4.06. The van der Waals surface area contributed by atoms with Crippen molar-refractivity contribution in [2.45, 2.75) is 26.3 Å². The van der Waals surface area contributed by atoms with E-state index in [9.17, 15) is 4.39 Å². The van der Waals surface area contributed by atoms with Crippen LogP contribution in [0.4, 0.5) is 4.39 Å². The maximum atomic E-state index is 13.4. The fraction of sp³-hybridized carbons (Fsp3) is 0.294. The van der Waals surface area contributed by atoms with Crippen LogP contribution in [-0.4, -0.2) is 12.6 Å². The number of rotatable bonds is 5. The fourth-order valence-corrected chi connectivity index (χ4v) is 2.55. The summed E-state index contributed by atoms with van der Waals surface area (Å²) in [6.45, 7) is 5.25. The molecule has 3 heteroatoms. The van der Waals surface area contributed by atoms with Crippen LogP contribution in [0.15, 0.2) is 42.5 Å². The van der Waals surface area contributed by atoms with Gasteiger partial charge in [0.15, 0.2) is 0 Å². The lowest BCUT2D eigenvalue weighted by Gasteiger charge is -2.12. The Morgan fingerprint density at radius 2 is 1.80 bits per heavy atom. The highest BCUT2D eigenvalue weighted by Crippen LogP contribution is 2.24. The Labute approximate surface area is 124 Å². The van der Waals surface area contributed by atoms with E-state index in [2.05, 4.69) is 31.3 Å². The molecule has 0 radical (unpaired) electrons. The van der Waals surface area contributed by atoms with Crippen LogP contribution in [-0.2, 0) is 6.42 Å². The van der Waals surface area contributed by atoms with Gasteiger partial charge >= 0.3 is 0 Å². The average molecular weight is 292 g/mol. The molecule has 0 aliphatic rings. The van der Waals surface area contributed by atoms with Crippen LogP contribution in [0.25, 0.3) is 11.1 Å². The van der Waals surface area contributed by atoms with Gasteiger partial charge in [-0.3, -0.25) is 0 Å². The average Bonchev–Trinajstić information content (AvgIpc) is 2.38. The highest BCUT2D eigenvalue weighted by molar-refractivity contribution is 6.30. The molecule has 1 nitrogen and oxygen atoms in total. The monoisotopic (exact) mass is 291 g/mol. The Morgan fingerprint density at radius 3 is 2.40 bits per heavy atom. The standard InChI is InChI=1S/C17H19ClFN/c1-3-20-12(2)8-13-4-6-14(7-5-13)15-9-16(18)11-17(19)10-15/h4-7,9-12,20H,3,8H2,1-2H3. The highest BCUT2D eigenvalue weighted by Gasteiger charge is 2.04. The molecule has 0 bridgehead atoms. The van der Waals surface area contributed by atoms with Crippen LogP contribution < -0.4 is 5.32 Å². The van der Waals surface area contributed by atoms with Crippen molar-refractivity contribution in [2.24, 2.45) is 0 Å². The molecule has 1 N–H and O–H groups in total. The van der Waals surface area contributed by atoms with Crippen molar-refractivity contribution >= 4 is 11.6 Å². The molecule has 2 rings (SSSR count). The summed E-state index contributed by atoms with van der Waals surface area (Å²) in [6, 6.07) is 13.2. The van der Waals surface area contributed by atoms with Crippen molar-refractivity contribution in [3.05, 3.63) is 58.9 Å². The molecule has 0 aliphatic heterocycles. The molecule has 0 heterocycles. The molecule has 2 aromatic carbocycles. The van der Waals surface area contributed by atoms with Crippen molar-refractivity contribution in [1.29, 1.82) is 0 Å². The van der Waals surface area contributed by atoms with Crippen molar-refractivity contribution in [2.75, 3.05) is 6.54 Å². The lowest BCUT2D eigenvalue weighted by atomic mass is 10.0. The Balaban J connectivity index is 2.15. The zero-order valence-electron chi connectivity index (χ0n) is 11.8. The molecule has 0 saturated heterocycles. The van der Waals surface area contributed by atoms with E-state index in [1.54, 1.807) is 6.07 Å². The van der Waals surface area contributed by atoms with Gasteiger partial charge in [-0.15, -0.1) is 0 Å². The van der Waals surface area contributed by atoms with Crippen LogP contribution in [0.5, 0.6) is 0 Å². The minimum atomic E-state index is -0.308. The summed E-state index contributed by atoms with van der Waals surface area (Å²) in [6.07, 6.45) is 0.984. The lowest BCUT2D eigenvalue weighted by molar-refractivity contribution is 0.565. The molecule has 0 amide bonds. The number of hydrogen-bond acceptors (Lipinski definition) is 1. The van der Waals surface area contributed by atoms with Crippen molar-refractivity contribution in [1.82, 2.24) is 5.32 Å². The molecule has 1 atom stereocenters. The largest absolute Gasteiger partial charge is 0.314 e. The third-order valence-electron chi connectivity index (χ3n) is 3.24. The first-order chi connectivity index (χ1) is 9.58. The second-order valence-electron chi connectivity index (χ2n) is 5.02. The summed E-state index contributed by atoms with van der Waals surface area (Å²) >= 11 is 5.89.